The first kappa shape index (κ1) is 9.20. The number of carbonyl (C=O) groups is 1. The van der Waals surface area contributed by atoms with Gasteiger partial charge in [0.25, 0.3) is 0 Å². The van der Waals surface area contributed by atoms with Crippen molar-refractivity contribution < 1.29 is 25.0 Å². The van der Waals surface area contributed by atoms with Gasteiger partial charge in [-0.05, 0) is 0 Å². The summed E-state index contributed by atoms with van der Waals surface area (Å²) in [5, 5.41) is 27.4. The van der Waals surface area contributed by atoms with Gasteiger partial charge in [-0.25, -0.2) is 4.79 Å². The Labute approximate surface area is 68.3 Å². The molecule has 2 atom stereocenters. The number of rotatable bonds is 2. The number of hydrogen-bond acceptors (Lipinski definition) is 5. The Hall–Kier alpha value is -0.890. The minimum atomic E-state index is -1.46. The van der Waals surface area contributed by atoms with Gasteiger partial charge in [0.15, 0.2) is 6.23 Å². The lowest BCUT2D eigenvalue weighted by molar-refractivity contribution is -0.191. The monoisotopic (exact) mass is 178 g/mol. The summed E-state index contributed by atoms with van der Waals surface area (Å²) in [6.07, 6.45) is -2.92. The van der Waals surface area contributed by atoms with Crippen molar-refractivity contribution in [1.82, 2.24) is 9.96 Å². The molecule has 70 valence electrons. The first-order valence-corrected chi connectivity index (χ1v) is 3.24. The molecule has 1 rings (SSSR count). The fraction of sp³-hybridized carbons (Fsp3) is 0.800. The predicted molar refractivity (Wildman–Crippen MR) is 35.2 cm³/mol. The highest BCUT2D eigenvalue weighted by Crippen LogP contribution is 2.18. The Balaban J connectivity index is 2.78. The molecule has 1 fully saturated rings. The van der Waals surface area contributed by atoms with Crippen molar-refractivity contribution in [2.24, 2.45) is 0 Å². The van der Waals surface area contributed by atoms with Gasteiger partial charge in [0, 0.05) is 0 Å². The van der Waals surface area contributed by atoms with Crippen molar-refractivity contribution >= 4 is 6.03 Å². The van der Waals surface area contributed by atoms with E-state index in [4.69, 9.17) is 15.3 Å². The third-order valence-electron chi connectivity index (χ3n) is 1.61. The summed E-state index contributed by atoms with van der Waals surface area (Å²) in [4.78, 5) is 16.2. The molecule has 0 aromatic rings. The van der Waals surface area contributed by atoms with E-state index >= 15 is 0 Å². The Kier molecular flexibility index (Phi) is 2.48. The van der Waals surface area contributed by atoms with Gasteiger partial charge < -0.3 is 15.3 Å². The highest BCUT2D eigenvalue weighted by atomic mass is 16.7. The largest absolute Gasteiger partial charge is 0.376 e. The second-order valence-electron chi connectivity index (χ2n) is 2.23. The average Bonchev–Trinajstić information content (AvgIpc) is 2.25. The Morgan fingerprint density at radius 3 is 2.33 bits per heavy atom. The third kappa shape index (κ3) is 1.12. The van der Waals surface area contributed by atoms with Crippen LogP contribution in [-0.2, 0) is 4.84 Å². The molecule has 0 saturated carbocycles. The summed E-state index contributed by atoms with van der Waals surface area (Å²) in [6.45, 7) is -0.670. The number of nitrogens with zero attached hydrogens (tertiary/aromatic N) is 2. The van der Waals surface area contributed by atoms with E-state index in [0.717, 1.165) is 0 Å². The maximum atomic E-state index is 11.0. The molecular formula is C5H10N2O5. The number of aliphatic hydroxyl groups excluding tert-OH is 3. The van der Waals surface area contributed by atoms with Gasteiger partial charge in [-0.1, -0.05) is 0 Å². The van der Waals surface area contributed by atoms with Crippen LogP contribution >= 0.6 is 0 Å². The molecule has 3 N–H and O–H groups in total. The number of hydrogen-bond donors (Lipinski definition) is 3. The van der Waals surface area contributed by atoms with Crippen LogP contribution in [0, 0.1) is 0 Å². The molecule has 0 bridgehead atoms. The average molecular weight is 178 g/mol. The normalized spacial score (nSPS) is 30.2. The van der Waals surface area contributed by atoms with E-state index in [2.05, 4.69) is 4.84 Å². The molecule has 7 heteroatoms. The van der Waals surface area contributed by atoms with Gasteiger partial charge in [0.1, 0.15) is 6.73 Å². The van der Waals surface area contributed by atoms with E-state index < -0.39 is 25.2 Å². The van der Waals surface area contributed by atoms with Crippen LogP contribution in [0.2, 0.25) is 0 Å². The van der Waals surface area contributed by atoms with Gasteiger partial charge in [0.05, 0.1) is 7.11 Å². The molecule has 0 aromatic carbocycles. The molecule has 1 aliphatic rings. The number of carbonyl (C=O) groups excluding carboxylic acids is 1. The van der Waals surface area contributed by atoms with E-state index in [1.54, 1.807) is 0 Å². The van der Waals surface area contributed by atoms with Crippen LogP contribution in [-0.4, -0.2) is 57.6 Å². The van der Waals surface area contributed by atoms with Crippen LogP contribution in [0.3, 0.4) is 0 Å². The van der Waals surface area contributed by atoms with Crippen LogP contribution in [0.5, 0.6) is 0 Å². The van der Waals surface area contributed by atoms with Crippen molar-refractivity contribution in [3.63, 3.8) is 0 Å². The summed E-state index contributed by atoms with van der Waals surface area (Å²) in [5.74, 6) is 0. The standard InChI is InChI=1S/C5H10N2O5/c1-12-7-4(10)3(9)6(2-8)5(7)11/h3-4,8-10H,2H2,1H3. The quantitative estimate of drug-likeness (QED) is 0.449. The molecule has 1 heterocycles. The van der Waals surface area contributed by atoms with Crippen LogP contribution in [0.15, 0.2) is 0 Å². The van der Waals surface area contributed by atoms with Gasteiger partial charge >= 0.3 is 6.03 Å². The van der Waals surface area contributed by atoms with E-state index in [0.29, 0.717) is 9.96 Å². The lowest BCUT2D eigenvalue weighted by Gasteiger charge is -2.15. The van der Waals surface area contributed by atoms with Crippen LogP contribution in [0.1, 0.15) is 0 Å². The fourth-order valence-corrected chi connectivity index (χ4v) is 0.965. The van der Waals surface area contributed by atoms with Crippen molar-refractivity contribution in [3.8, 4) is 0 Å². The van der Waals surface area contributed by atoms with Gasteiger partial charge in [-0.2, -0.15) is 5.06 Å². The Morgan fingerprint density at radius 1 is 1.50 bits per heavy atom. The zero-order valence-corrected chi connectivity index (χ0v) is 6.41. The highest BCUT2D eigenvalue weighted by Gasteiger charge is 2.44. The third-order valence-corrected chi connectivity index (χ3v) is 1.61. The van der Waals surface area contributed by atoms with Crippen LogP contribution < -0.4 is 0 Å². The molecular weight excluding hydrogens is 168 g/mol. The van der Waals surface area contributed by atoms with E-state index in [1.165, 1.54) is 7.11 Å². The topological polar surface area (TPSA) is 93.5 Å². The van der Waals surface area contributed by atoms with Crippen LogP contribution in [0.4, 0.5) is 4.79 Å². The molecule has 0 spiro atoms. The molecule has 0 aromatic heterocycles. The smallest absolute Gasteiger partial charge is 0.350 e. The number of aliphatic hydroxyl groups is 3. The predicted octanol–water partition coefficient (Wildman–Crippen LogP) is -2.13. The summed E-state index contributed by atoms with van der Waals surface area (Å²) in [5.41, 5.74) is 0. The molecule has 12 heavy (non-hydrogen) atoms. The highest BCUT2D eigenvalue weighted by molar-refractivity contribution is 5.75. The van der Waals surface area contributed by atoms with Gasteiger partial charge in [-0.3, -0.25) is 9.74 Å². The zero-order valence-electron chi connectivity index (χ0n) is 6.41. The van der Waals surface area contributed by atoms with E-state index in [1.807, 2.05) is 0 Å². The second kappa shape index (κ2) is 3.23. The summed E-state index contributed by atoms with van der Waals surface area (Å²) in [6, 6.07) is -0.778. The molecule has 1 aliphatic heterocycles. The van der Waals surface area contributed by atoms with Gasteiger partial charge in [0.2, 0.25) is 6.23 Å². The number of amides is 2. The second-order valence-corrected chi connectivity index (χ2v) is 2.23. The van der Waals surface area contributed by atoms with Crippen molar-refractivity contribution in [2.45, 2.75) is 12.5 Å². The summed E-state index contributed by atoms with van der Waals surface area (Å²) < 4.78 is 0. The SMILES string of the molecule is CON1C(=O)N(CO)C(O)C1O. The molecule has 2 amide bonds. The minimum Gasteiger partial charge on any atom is -0.376 e. The zero-order chi connectivity index (χ0) is 9.30. The van der Waals surface area contributed by atoms with Crippen molar-refractivity contribution in [2.75, 3.05) is 13.8 Å². The van der Waals surface area contributed by atoms with Gasteiger partial charge in [-0.15, -0.1) is 0 Å². The van der Waals surface area contributed by atoms with Crippen molar-refractivity contribution in [1.29, 1.82) is 0 Å². The fourth-order valence-electron chi connectivity index (χ4n) is 0.965. The first-order valence-electron chi connectivity index (χ1n) is 3.24. The maximum absolute atomic E-state index is 11.0. The molecule has 0 aliphatic carbocycles. The number of urea groups is 1. The van der Waals surface area contributed by atoms with E-state index in [9.17, 15) is 4.79 Å². The Bertz CT molecular complexity index is 169. The summed E-state index contributed by atoms with van der Waals surface area (Å²) in [7, 11) is 1.18. The number of hydroxylamine groups is 2. The maximum Gasteiger partial charge on any atom is 0.350 e. The van der Waals surface area contributed by atoms with Crippen molar-refractivity contribution in [3.05, 3.63) is 0 Å². The van der Waals surface area contributed by atoms with E-state index in [-0.39, 0.29) is 0 Å². The molecule has 2 unspecified atom stereocenters. The van der Waals surface area contributed by atoms with Crippen LogP contribution in [0.25, 0.3) is 0 Å². The molecule has 0 radical (unpaired) electrons. The lowest BCUT2D eigenvalue weighted by Crippen LogP contribution is -2.37. The first-order chi connectivity index (χ1) is 5.63. The minimum absolute atomic E-state index is 0.570. The summed E-state index contributed by atoms with van der Waals surface area (Å²) >= 11 is 0. The molecule has 1 saturated heterocycles. The lowest BCUT2D eigenvalue weighted by atomic mass is 10.5. The Morgan fingerprint density at radius 2 is 2.08 bits per heavy atom. The molecule has 7 nitrogen and oxygen atoms in total.